The van der Waals surface area contributed by atoms with Gasteiger partial charge < -0.3 is 9.74 Å². The predicted octanol–water partition coefficient (Wildman–Crippen LogP) is 6.48. The molecule has 200 valence electrons. The number of amides is 1. The zero-order chi connectivity index (χ0) is 27.4. The molecule has 0 saturated heterocycles. The molecule has 5 nitrogen and oxygen atoms in total. The number of anilines is 1. The number of hydrogen-bond donors (Lipinski definition) is 1. The van der Waals surface area contributed by atoms with Crippen LogP contribution in [-0.2, 0) is 9.22 Å². The third kappa shape index (κ3) is 4.78. The molecule has 1 amide bonds. The van der Waals surface area contributed by atoms with Gasteiger partial charge in [-0.05, 0) is 57.6 Å². The third-order valence-electron chi connectivity index (χ3n) is 8.35. The molecule has 0 radical (unpaired) electrons. The lowest BCUT2D eigenvalue weighted by Crippen LogP contribution is -2.67. The van der Waals surface area contributed by atoms with Gasteiger partial charge in [0.25, 0.3) is 8.32 Å². The number of hydrogen-bond acceptors (Lipinski definition) is 4. The van der Waals surface area contributed by atoms with E-state index in [2.05, 4.69) is 96.7 Å². The molecule has 8 heteroatoms. The van der Waals surface area contributed by atoms with Crippen LogP contribution in [0.2, 0.25) is 15.3 Å². The van der Waals surface area contributed by atoms with Gasteiger partial charge in [-0.1, -0.05) is 105 Å². The molecule has 2 fully saturated rings. The average molecular weight is 577 g/mol. The van der Waals surface area contributed by atoms with E-state index in [0.717, 1.165) is 18.2 Å². The molecule has 2 aromatic carbocycles. The number of nitrogens with zero attached hydrogens (tertiary/aromatic N) is 2. The molecule has 2 aliphatic carbocycles. The Morgan fingerprint density at radius 1 is 0.949 bits per heavy atom. The van der Waals surface area contributed by atoms with E-state index < -0.39 is 8.32 Å². The first-order chi connectivity index (χ1) is 18.7. The molecule has 2 saturated carbocycles. The SMILES string of the molecule is CC(C)(C)[Si](OC1C[C@@H]2C(C(=O)Nc3cc4cc(Cl)nc(Cl)c4cn3)[C@@H]2C1)(c1ccccc1)c1ccccc1. The number of fused-ring (bicyclic) bond motifs is 2. The maximum atomic E-state index is 13.2. The summed E-state index contributed by atoms with van der Waals surface area (Å²) in [6.07, 6.45) is 3.55. The summed E-state index contributed by atoms with van der Waals surface area (Å²) in [6, 6.07) is 25.0. The summed E-state index contributed by atoms with van der Waals surface area (Å²) in [5.74, 6) is 1.18. The minimum absolute atomic E-state index is 0.00823. The Morgan fingerprint density at radius 3 is 2.10 bits per heavy atom. The fraction of sp³-hybridized carbons (Fsp3) is 0.323. The summed E-state index contributed by atoms with van der Waals surface area (Å²) in [6.45, 7) is 6.91. The van der Waals surface area contributed by atoms with Gasteiger partial charge in [-0.25, -0.2) is 9.97 Å². The van der Waals surface area contributed by atoms with Crippen molar-refractivity contribution >= 4 is 64.4 Å². The van der Waals surface area contributed by atoms with Gasteiger partial charge in [-0.2, -0.15) is 0 Å². The maximum absolute atomic E-state index is 13.2. The van der Waals surface area contributed by atoms with Crippen LogP contribution in [0.4, 0.5) is 5.82 Å². The second kappa shape index (κ2) is 10.0. The first kappa shape index (κ1) is 26.4. The number of nitrogens with one attached hydrogen (secondary N) is 1. The average Bonchev–Trinajstić information content (AvgIpc) is 3.42. The van der Waals surface area contributed by atoms with Crippen molar-refractivity contribution in [2.45, 2.75) is 44.8 Å². The van der Waals surface area contributed by atoms with Gasteiger partial charge in [-0.15, -0.1) is 0 Å². The van der Waals surface area contributed by atoms with Crippen LogP contribution < -0.4 is 15.7 Å². The lowest BCUT2D eigenvalue weighted by Gasteiger charge is -2.45. The van der Waals surface area contributed by atoms with Gasteiger partial charge in [-0.3, -0.25) is 4.79 Å². The van der Waals surface area contributed by atoms with Gasteiger partial charge in [0.2, 0.25) is 5.91 Å². The van der Waals surface area contributed by atoms with Gasteiger partial charge >= 0.3 is 0 Å². The highest BCUT2D eigenvalue weighted by molar-refractivity contribution is 6.99. The van der Waals surface area contributed by atoms with Crippen LogP contribution in [0, 0.1) is 17.8 Å². The topological polar surface area (TPSA) is 64.1 Å². The van der Waals surface area contributed by atoms with Gasteiger partial charge in [0.1, 0.15) is 16.1 Å². The molecule has 2 heterocycles. The van der Waals surface area contributed by atoms with E-state index in [0.29, 0.717) is 33.3 Å². The molecule has 1 N–H and O–H groups in total. The minimum Gasteiger partial charge on any atom is -0.404 e. The summed E-state index contributed by atoms with van der Waals surface area (Å²) >= 11 is 12.2. The standard InChI is InChI=1S/C31H31Cl2N3O2Si/c1-31(2,3)39(21-10-6-4-7-11-21,22-12-8-5-9-13-22)38-20-16-23-24(17-20)28(23)30(37)36-27-15-19-14-26(32)35-29(33)25(19)18-34-27/h4-15,18,20,23-24,28H,16-17H2,1-3H3,(H,34,36,37)/t20?,23-,24+,28?. The first-order valence-corrected chi connectivity index (χ1v) is 16.1. The molecule has 6 rings (SSSR count). The van der Waals surface area contributed by atoms with Crippen LogP contribution in [-0.4, -0.2) is 30.3 Å². The van der Waals surface area contributed by atoms with Crippen molar-refractivity contribution in [3.05, 3.63) is 89.3 Å². The highest BCUT2D eigenvalue weighted by Crippen LogP contribution is 2.59. The number of pyridine rings is 2. The highest BCUT2D eigenvalue weighted by Gasteiger charge is 2.62. The van der Waals surface area contributed by atoms with Gasteiger partial charge in [0.15, 0.2) is 0 Å². The highest BCUT2D eigenvalue weighted by atomic mass is 35.5. The molecule has 2 aromatic heterocycles. The zero-order valence-electron chi connectivity index (χ0n) is 22.2. The zero-order valence-corrected chi connectivity index (χ0v) is 24.7. The van der Waals surface area contributed by atoms with Crippen LogP contribution in [0.3, 0.4) is 0 Å². The van der Waals surface area contributed by atoms with E-state index >= 15 is 0 Å². The number of carbonyl (C=O) groups is 1. The number of aromatic nitrogens is 2. The molecule has 0 bridgehead atoms. The molecular formula is C31H31Cl2N3O2Si. The summed E-state index contributed by atoms with van der Waals surface area (Å²) in [5, 5.41) is 7.62. The molecular weight excluding hydrogens is 545 g/mol. The smallest absolute Gasteiger partial charge is 0.261 e. The summed E-state index contributed by atoms with van der Waals surface area (Å²) < 4.78 is 7.32. The fourth-order valence-electron chi connectivity index (χ4n) is 6.57. The molecule has 2 unspecified atom stereocenters. The molecule has 39 heavy (non-hydrogen) atoms. The Morgan fingerprint density at radius 2 is 1.54 bits per heavy atom. The van der Waals surface area contributed by atoms with Crippen LogP contribution in [0.15, 0.2) is 79.0 Å². The number of benzene rings is 2. The van der Waals surface area contributed by atoms with E-state index in [9.17, 15) is 4.79 Å². The largest absolute Gasteiger partial charge is 0.404 e. The summed E-state index contributed by atoms with van der Waals surface area (Å²) in [5.41, 5.74) is 0. The van der Waals surface area contributed by atoms with Crippen molar-refractivity contribution in [2.75, 3.05) is 5.32 Å². The third-order valence-corrected chi connectivity index (χ3v) is 13.9. The number of carbonyl (C=O) groups excluding carboxylic acids is 1. The Hall–Kier alpha value is -2.77. The van der Waals surface area contributed by atoms with Crippen molar-refractivity contribution in [2.24, 2.45) is 17.8 Å². The van der Waals surface area contributed by atoms with E-state index in [-0.39, 0.29) is 23.0 Å². The lowest BCUT2D eigenvalue weighted by atomic mass is 10.1. The van der Waals surface area contributed by atoms with Crippen molar-refractivity contribution in [1.29, 1.82) is 0 Å². The van der Waals surface area contributed by atoms with E-state index in [1.54, 1.807) is 18.3 Å². The molecule has 2 aliphatic rings. The quantitative estimate of drug-likeness (QED) is 0.211. The van der Waals surface area contributed by atoms with Crippen molar-refractivity contribution in [1.82, 2.24) is 9.97 Å². The predicted molar refractivity (Wildman–Crippen MR) is 160 cm³/mol. The number of rotatable bonds is 6. The maximum Gasteiger partial charge on any atom is 0.261 e. The Bertz CT molecular complexity index is 1480. The Kier molecular flexibility index (Phi) is 6.78. The molecule has 0 aliphatic heterocycles. The van der Waals surface area contributed by atoms with Gasteiger partial charge in [0, 0.05) is 23.6 Å². The van der Waals surface area contributed by atoms with Gasteiger partial charge in [0.05, 0.1) is 0 Å². The lowest BCUT2D eigenvalue weighted by molar-refractivity contribution is -0.118. The Balaban J connectivity index is 1.19. The van der Waals surface area contributed by atoms with E-state index in [4.69, 9.17) is 27.6 Å². The molecule has 0 spiro atoms. The first-order valence-electron chi connectivity index (χ1n) is 13.4. The van der Waals surface area contributed by atoms with E-state index in [1.165, 1.54) is 10.4 Å². The van der Waals surface area contributed by atoms with Crippen LogP contribution in [0.1, 0.15) is 33.6 Å². The van der Waals surface area contributed by atoms with Crippen LogP contribution >= 0.6 is 23.2 Å². The summed E-state index contributed by atoms with van der Waals surface area (Å²) in [4.78, 5) is 21.6. The normalized spacial score (nSPS) is 22.5. The van der Waals surface area contributed by atoms with Crippen LogP contribution in [0.5, 0.6) is 0 Å². The minimum atomic E-state index is -2.61. The summed E-state index contributed by atoms with van der Waals surface area (Å²) in [7, 11) is -2.61. The Labute approximate surface area is 240 Å². The monoisotopic (exact) mass is 575 g/mol. The molecule has 4 aromatic rings. The fourth-order valence-corrected chi connectivity index (χ4v) is 11.8. The van der Waals surface area contributed by atoms with Crippen molar-refractivity contribution < 1.29 is 9.22 Å². The second-order valence-corrected chi connectivity index (χ2v) is 16.7. The van der Waals surface area contributed by atoms with E-state index in [1.807, 2.05) is 0 Å². The van der Waals surface area contributed by atoms with Crippen LogP contribution in [0.25, 0.3) is 10.8 Å². The number of halogens is 2. The molecule has 4 atom stereocenters. The second-order valence-electron chi connectivity index (χ2n) is 11.7. The van der Waals surface area contributed by atoms with Crippen molar-refractivity contribution in [3.8, 4) is 0 Å². The van der Waals surface area contributed by atoms with Crippen molar-refractivity contribution in [3.63, 3.8) is 0 Å².